The first kappa shape index (κ1) is 16.0. The second kappa shape index (κ2) is 6.72. The summed E-state index contributed by atoms with van der Waals surface area (Å²) < 4.78 is 35.4. The Kier molecular flexibility index (Phi) is 4.68. The summed E-state index contributed by atoms with van der Waals surface area (Å²) in [6.07, 6.45) is 1.31. The Hall–Kier alpha value is -1.86. The molecule has 1 aromatic carbocycles. The van der Waals surface area contributed by atoms with Gasteiger partial charge in [0, 0.05) is 11.6 Å². The number of hydrogen-bond acceptors (Lipinski definition) is 6. The molecule has 1 saturated heterocycles. The summed E-state index contributed by atoms with van der Waals surface area (Å²) in [7, 11) is -1.61. The van der Waals surface area contributed by atoms with Gasteiger partial charge >= 0.3 is 0 Å². The Morgan fingerprint density at radius 1 is 1.30 bits per heavy atom. The fraction of sp³-hybridized carbons (Fsp3) is 0.438. The van der Waals surface area contributed by atoms with E-state index in [0.717, 1.165) is 18.7 Å². The third kappa shape index (κ3) is 3.73. The molecule has 0 amide bonds. The molecule has 0 radical (unpaired) electrons. The van der Waals surface area contributed by atoms with Gasteiger partial charge < -0.3 is 14.6 Å². The molecular weight excluding hydrogens is 316 g/mol. The van der Waals surface area contributed by atoms with Crippen LogP contribution in [0.15, 0.2) is 34.9 Å². The lowest BCUT2D eigenvalue weighted by atomic mass is 10.1. The molecule has 2 aromatic rings. The van der Waals surface area contributed by atoms with Crippen LogP contribution in [0.2, 0.25) is 0 Å². The van der Waals surface area contributed by atoms with Gasteiger partial charge in [0.25, 0.3) is 0 Å². The van der Waals surface area contributed by atoms with Crippen LogP contribution in [0, 0.1) is 0 Å². The molecule has 124 valence electrons. The van der Waals surface area contributed by atoms with Crippen molar-refractivity contribution in [3.8, 4) is 17.1 Å². The number of sulfone groups is 1. The lowest BCUT2D eigenvalue weighted by Gasteiger charge is -2.22. The van der Waals surface area contributed by atoms with Crippen LogP contribution >= 0.6 is 0 Å². The number of nitrogens with one attached hydrogen (secondary N) is 1. The van der Waals surface area contributed by atoms with Crippen LogP contribution in [0.1, 0.15) is 18.5 Å². The smallest absolute Gasteiger partial charge is 0.167 e. The molecule has 6 nitrogen and oxygen atoms in total. The number of ether oxygens (including phenoxy) is 1. The van der Waals surface area contributed by atoms with Gasteiger partial charge in [0.15, 0.2) is 15.6 Å². The van der Waals surface area contributed by atoms with E-state index in [1.54, 1.807) is 13.2 Å². The van der Waals surface area contributed by atoms with E-state index >= 15 is 0 Å². The van der Waals surface area contributed by atoms with Gasteiger partial charge in [-0.1, -0.05) is 17.3 Å². The third-order valence-corrected chi connectivity index (χ3v) is 6.24. The first-order chi connectivity index (χ1) is 11.1. The van der Waals surface area contributed by atoms with Crippen molar-refractivity contribution in [1.29, 1.82) is 0 Å². The Morgan fingerprint density at radius 2 is 2.09 bits per heavy atom. The van der Waals surface area contributed by atoms with Crippen molar-refractivity contribution in [2.45, 2.75) is 23.8 Å². The maximum atomic E-state index is 12.5. The summed E-state index contributed by atoms with van der Waals surface area (Å²) in [6.45, 7) is 1.50. The molecule has 1 fully saturated rings. The molecule has 7 heteroatoms. The zero-order valence-corrected chi connectivity index (χ0v) is 13.8. The average molecular weight is 336 g/mol. The van der Waals surface area contributed by atoms with Crippen molar-refractivity contribution in [1.82, 2.24) is 10.5 Å². The average Bonchev–Trinajstić information content (AvgIpc) is 3.03. The van der Waals surface area contributed by atoms with Crippen LogP contribution in [-0.2, 0) is 15.6 Å². The van der Waals surface area contributed by atoms with Crippen molar-refractivity contribution in [2.75, 3.05) is 20.2 Å². The van der Waals surface area contributed by atoms with E-state index in [0.29, 0.717) is 30.0 Å². The molecule has 1 aliphatic heterocycles. The van der Waals surface area contributed by atoms with Gasteiger partial charge in [0.2, 0.25) is 0 Å². The summed E-state index contributed by atoms with van der Waals surface area (Å²) in [5, 5.41) is 6.80. The number of rotatable bonds is 5. The Bertz CT molecular complexity index is 764. The van der Waals surface area contributed by atoms with Crippen molar-refractivity contribution in [3.63, 3.8) is 0 Å². The number of benzene rings is 1. The highest BCUT2D eigenvalue weighted by Gasteiger charge is 2.28. The minimum atomic E-state index is -3.21. The monoisotopic (exact) mass is 336 g/mol. The molecule has 0 spiro atoms. The number of piperidine rings is 1. The van der Waals surface area contributed by atoms with Gasteiger partial charge in [0.05, 0.1) is 23.8 Å². The maximum absolute atomic E-state index is 12.5. The van der Waals surface area contributed by atoms with Gasteiger partial charge in [-0.05, 0) is 38.1 Å². The quantitative estimate of drug-likeness (QED) is 0.899. The SMILES string of the molecule is COc1cccc(-c2cc(CS(=O)(=O)C3CCNCC3)no2)c1. The van der Waals surface area contributed by atoms with E-state index in [1.165, 1.54) is 0 Å². The number of nitrogens with zero attached hydrogens (tertiary/aromatic N) is 1. The minimum absolute atomic E-state index is 0.0782. The van der Waals surface area contributed by atoms with Crippen molar-refractivity contribution in [3.05, 3.63) is 36.0 Å². The lowest BCUT2D eigenvalue weighted by molar-refractivity contribution is 0.412. The van der Waals surface area contributed by atoms with Crippen LogP contribution in [0.3, 0.4) is 0 Å². The molecule has 1 aliphatic rings. The van der Waals surface area contributed by atoms with E-state index < -0.39 is 9.84 Å². The lowest BCUT2D eigenvalue weighted by Crippen LogP contribution is -2.36. The fourth-order valence-electron chi connectivity index (χ4n) is 2.77. The van der Waals surface area contributed by atoms with E-state index in [4.69, 9.17) is 9.26 Å². The molecule has 2 heterocycles. The van der Waals surface area contributed by atoms with Crippen molar-refractivity contribution in [2.24, 2.45) is 0 Å². The summed E-state index contributed by atoms with van der Waals surface area (Å²) >= 11 is 0. The Balaban J connectivity index is 1.76. The largest absolute Gasteiger partial charge is 0.497 e. The van der Waals surface area contributed by atoms with E-state index in [1.807, 2.05) is 24.3 Å². The first-order valence-corrected chi connectivity index (χ1v) is 9.32. The Labute approximate surface area is 135 Å². The molecule has 1 aromatic heterocycles. The molecule has 3 rings (SSSR count). The van der Waals surface area contributed by atoms with Gasteiger partial charge in [-0.3, -0.25) is 0 Å². The minimum Gasteiger partial charge on any atom is -0.497 e. The molecular formula is C16H20N2O4S. The van der Waals surface area contributed by atoms with Crippen LogP contribution in [0.4, 0.5) is 0 Å². The van der Waals surface area contributed by atoms with Gasteiger partial charge in [-0.15, -0.1) is 0 Å². The number of methoxy groups -OCH3 is 1. The first-order valence-electron chi connectivity index (χ1n) is 7.61. The molecule has 0 bridgehead atoms. The topological polar surface area (TPSA) is 81.4 Å². The van der Waals surface area contributed by atoms with Crippen LogP contribution < -0.4 is 10.1 Å². The van der Waals surface area contributed by atoms with Crippen LogP contribution in [0.25, 0.3) is 11.3 Å². The highest BCUT2D eigenvalue weighted by Crippen LogP contribution is 2.26. The predicted octanol–water partition coefficient (Wildman–Crippen LogP) is 2.02. The van der Waals surface area contributed by atoms with Crippen molar-refractivity contribution >= 4 is 9.84 Å². The Morgan fingerprint density at radius 3 is 2.83 bits per heavy atom. The predicted molar refractivity (Wildman–Crippen MR) is 87.0 cm³/mol. The summed E-state index contributed by atoms with van der Waals surface area (Å²) in [6, 6.07) is 9.07. The van der Waals surface area contributed by atoms with Crippen LogP contribution in [-0.4, -0.2) is 39.0 Å². The number of aromatic nitrogens is 1. The summed E-state index contributed by atoms with van der Waals surface area (Å²) in [4.78, 5) is 0. The molecule has 0 unspecified atom stereocenters. The van der Waals surface area contributed by atoms with E-state index in [2.05, 4.69) is 10.5 Å². The standard InChI is InChI=1S/C16H20N2O4S/c1-21-14-4-2-3-12(9-14)16-10-13(18-22-16)11-23(19,20)15-5-7-17-8-6-15/h2-4,9-10,15,17H,5-8,11H2,1H3. The molecule has 23 heavy (non-hydrogen) atoms. The summed E-state index contributed by atoms with van der Waals surface area (Å²) in [5.74, 6) is 1.17. The number of hydrogen-bond donors (Lipinski definition) is 1. The van der Waals surface area contributed by atoms with Gasteiger partial charge in [0.1, 0.15) is 5.75 Å². The zero-order valence-electron chi connectivity index (χ0n) is 13.0. The maximum Gasteiger partial charge on any atom is 0.167 e. The zero-order chi connectivity index (χ0) is 16.3. The van der Waals surface area contributed by atoms with Crippen LogP contribution in [0.5, 0.6) is 5.75 Å². The highest BCUT2D eigenvalue weighted by atomic mass is 32.2. The molecule has 0 aliphatic carbocycles. The van der Waals surface area contributed by atoms with Gasteiger partial charge in [-0.25, -0.2) is 8.42 Å². The fourth-order valence-corrected chi connectivity index (χ4v) is 4.51. The molecule has 0 saturated carbocycles. The highest BCUT2D eigenvalue weighted by molar-refractivity contribution is 7.91. The summed E-state index contributed by atoms with van der Waals surface area (Å²) in [5.41, 5.74) is 1.25. The van der Waals surface area contributed by atoms with Crippen molar-refractivity contribution < 1.29 is 17.7 Å². The molecule has 0 atom stereocenters. The third-order valence-electron chi connectivity index (χ3n) is 4.06. The molecule has 1 N–H and O–H groups in total. The van der Waals surface area contributed by atoms with Gasteiger partial charge in [-0.2, -0.15) is 0 Å². The van der Waals surface area contributed by atoms with E-state index in [9.17, 15) is 8.42 Å². The second-order valence-corrected chi connectivity index (χ2v) is 7.95. The normalized spacial score (nSPS) is 16.4. The second-order valence-electron chi connectivity index (χ2n) is 5.67. The van der Waals surface area contributed by atoms with E-state index in [-0.39, 0.29) is 11.0 Å².